The number of aromatic nitrogens is 1. The number of carbonyl (C=O) groups is 1. The maximum Gasteiger partial charge on any atom is 0.276 e. The van der Waals surface area contributed by atoms with Crippen molar-refractivity contribution in [2.24, 2.45) is 0 Å². The molecule has 0 radical (unpaired) electrons. The van der Waals surface area contributed by atoms with Gasteiger partial charge >= 0.3 is 0 Å². The molecule has 2 rings (SSSR count). The van der Waals surface area contributed by atoms with E-state index in [4.69, 9.17) is 5.26 Å². The first-order valence-corrected chi connectivity index (χ1v) is 6.24. The molecule has 0 bridgehead atoms. The Morgan fingerprint density at radius 3 is 2.35 bits per heavy atom. The summed E-state index contributed by atoms with van der Waals surface area (Å²) in [6.07, 6.45) is 1.41. The number of carbonyl (C=O) groups excluding carboxylic acids is 1. The Bertz CT molecular complexity index is 664. The molecule has 0 aliphatic carbocycles. The molecule has 100 valence electrons. The summed E-state index contributed by atoms with van der Waals surface area (Å²) in [5, 5.41) is 8.73. The topological polar surface area (TPSA) is 57.0 Å². The zero-order valence-corrected chi connectivity index (χ0v) is 11.7. The zero-order chi connectivity index (χ0) is 14.7. The van der Waals surface area contributed by atoms with Crippen molar-refractivity contribution >= 4 is 11.6 Å². The van der Waals surface area contributed by atoms with Gasteiger partial charge in [0.1, 0.15) is 11.8 Å². The zero-order valence-electron chi connectivity index (χ0n) is 11.7. The van der Waals surface area contributed by atoms with Crippen molar-refractivity contribution in [1.29, 1.82) is 5.26 Å². The Balaban J connectivity index is 2.29. The molecule has 1 amide bonds. The van der Waals surface area contributed by atoms with Crippen LogP contribution in [0.1, 0.15) is 27.2 Å². The molecular formula is C16H15N3O. The second kappa shape index (κ2) is 5.54. The Hall–Kier alpha value is -2.67. The minimum atomic E-state index is -0.195. The van der Waals surface area contributed by atoms with Crippen LogP contribution in [0.2, 0.25) is 0 Å². The number of rotatable bonds is 2. The summed E-state index contributed by atoms with van der Waals surface area (Å²) in [5.41, 5.74) is 3.81. The van der Waals surface area contributed by atoms with Gasteiger partial charge in [-0.05, 0) is 49.2 Å². The van der Waals surface area contributed by atoms with Gasteiger partial charge in [0.25, 0.3) is 5.91 Å². The van der Waals surface area contributed by atoms with E-state index in [1.807, 2.05) is 32.0 Å². The minimum absolute atomic E-state index is 0.195. The third-order valence-electron chi connectivity index (χ3n) is 3.01. The van der Waals surface area contributed by atoms with Crippen LogP contribution in [0.25, 0.3) is 0 Å². The highest BCUT2D eigenvalue weighted by atomic mass is 16.2. The van der Waals surface area contributed by atoms with Gasteiger partial charge in [0.15, 0.2) is 0 Å². The van der Waals surface area contributed by atoms with Crippen LogP contribution in [0, 0.1) is 25.2 Å². The lowest BCUT2D eigenvalue weighted by molar-refractivity contribution is 0.0988. The highest BCUT2D eigenvalue weighted by Crippen LogP contribution is 2.19. The molecule has 0 atom stereocenters. The van der Waals surface area contributed by atoms with Crippen molar-refractivity contribution in [2.75, 3.05) is 11.9 Å². The van der Waals surface area contributed by atoms with Gasteiger partial charge in [0.2, 0.25) is 0 Å². The summed E-state index contributed by atoms with van der Waals surface area (Å²) in [6.45, 7) is 3.99. The number of hydrogen-bond acceptors (Lipinski definition) is 3. The average molecular weight is 265 g/mol. The van der Waals surface area contributed by atoms with Crippen molar-refractivity contribution in [2.45, 2.75) is 13.8 Å². The number of aryl methyl sites for hydroxylation is 2. The van der Waals surface area contributed by atoms with Crippen molar-refractivity contribution in [3.8, 4) is 6.07 Å². The smallest absolute Gasteiger partial charge is 0.276 e. The molecule has 0 saturated carbocycles. The number of amides is 1. The van der Waals surface area contributed by atoms with Gasteiger partial charge in [-0.25, -0.2) is 4.98 Å². The first kappa shape index (κ1) is 13.8. The molecule has 0 fully saturated rings. The van der Waals surface area contributed by atoms with Crippen LogP contribution in [-0.4, -0.2) is 17.9 Å². The summed E-state index contributed by atoms with van der Waals surface area (Å²) >= 11 is 0. The van der Waals surface area contributed by atoms with Gasteiger partial charge < -0.3 is 4.90 Å². The number of nitrogens with zero attached hydrogens (tertiary/aromatic N) is 3. The number of benzene rings is 1. The predicted octanol–water partition coefficient (Wildman–Crippen LogP) is 2.85. The fourth-order valence-corrected chi connectivity index (χ4v) is 2.02. The Morgan fingerprint density at radius 1 is 1.20 bits per heavy atom. The number of anilines is 1. The monoisotopic (exact) mass is 265 g/mol. The Labute approximate surface area is 118 Å². The summed E-state index contributed by atoms with van der Waals surface area (Å²) in [4.78, 5) is 17.9. The molecule has 2 aromatic rings. The molecule has 0 spiro atoms. The average Bonchev–Trinajstić information content (AvgIpc) is 2.45. The van der Waals surface area contributed by atoms with Gasteiger partial charge in [0, 0.05) is 18.9 Å². The summed E-state index contributed by atoms with van der Waals surface area (Å²) < 4.78 is 0. The van der Waals surface area contributed by atoms with Gasteiger partial charge in [-0.3, -0.25) is 4.79 Å². The fourth-order valence-electron chi connectivity index (χ4n) is 2.02. The van der Waals surface area contributed by atoms with Crippen molar-refractivity contribution in [3.63, 3.8) is 0 Å². The lowest BCUT2D eigenvalue weighted by atomic mass is 10.1. The van der Waals surface area contributed by atoms with E-state index in [1.165, 1.54) is 6.20 Å². The van der Waals surface area contributed by atoms with Crippen LogP contribution in [0.3, 0.4) is 0 Å². The lowest BCUT2D eigenvalue weighted by Crippen LogP contribution is -2.27. The maximum absolute atomic E-state index is 12.3. The van der Waals surface area contributed by atoms with Crippen molar-refractivity contribution < 1.29 is 4.79 Å². The molecule has 0 unspecified atom stereocenters. The summed E-state index contributed by atoms with van der Waals surface area (Å²) in [5.74, 6) is -0.195. The van der Waals surface area contributed by atoms with E-state index in [2.05, 4.69) is 11.1 Å². The van der Waals surface area contributed by atoms with E-state index in [-0.39, 0.29) is 5.91 Å². The molecule has 0 saturated heterocycles. The molecule has 0 N–H and O–H groups in total. The van der Waals surface area contributed by atoms with E-state index < -0.39 is 0 Å². The van der Waals surface area contributed by atoms with E-state index in [0.717, 1.165) is 16.8 Å². The van der Waals surface area contributed by atoms with E-state index in [9.17, 15) is 4.79 Å². The van der Waals surface area contributed by atoms with Crippen molar-refractivity contribution in [3.05, 3.63) is 58.9 Å². The van der Waals surface area contributed by atoms with Gasteiger partial charge in [0.05, 0.1) is 5.56 Å². The lowest BCUT2D eigenvalue weighted by Gasteiger charge is -2.18. The molecule has 1 aromatic carbocycles. The van der Waals surface area contributed by atoms with Gasteiger partial charge in [-0.15, -0.1) is 0 Å². The molecule has 0 aliphatic heterocycles. The van der Waals surface area contributed by atoms with E-state index >= 15 is 0 Å². The molecule has 1 aromatic heterocycles. The normalized spacial score (nSPS) is 9.90. The Morgan fingerprint density at radius 2 is 1.85 bits per heavy atom. The quantitative estimate of drug-likeness (QED) is 0.839. The van der Waals surface area contributed by atoms with Crippen LogP contribution in [0.4, 0.5) is 5.69 Å². The summed E-state index contributed by atoms with van der Waals surface area (Å²) in [6, 6.07) is 11.1. The molecule has 1 heterocycles. The first-order chi connectivity index (χ1) is 9.51. The van der Waals surface area contributed by atoms with E-state index in [1.54, 1.807) is 24.1 Å². The Kier molecular flexibility index (Phi) is 3.81. The molecular weight excluding hydrogens is 250 g/mol. The molecule has 4 heteroatoms. The number of nitriles is 1. The number of hydrogen-bond donors (Lipinski definition) is 0. The molecule has 0 aliphatic rings. The van der Waals surface area contributed by atoms with Gasteiger partial charge in [-0.1, -0.05) is 6.07 Å². The van der Waals surface area contributed by atoms with E-state index in [0.29, 0.717) is 11.3 Å². The SMILES string of the molecule is Cc1cc(C)cc(N(C)C(=O)c2ccc(C#N)cn2)c1. The van der Waals surface area contributed by atoms with Crippen LogP contribution in [-0.2, 0) is 0 Å². The van der Waals surface area contributed by atoms with Crippen LogP contribution in [0.15, 0.2) is 36.5 Å². The maximum atomic E-state index is 12.3. The van der Waals surface area contributed by atoms with Gasteiger partial charge in [-0.2, -0.15) is 5.26 Å². The minimum Gasteiger partial charge on any atom is -0.310 e. The highest BCUT2D eigenvalue weighted by Gasteiger charge is 2.15. The van der Waals surface area contributed by atoms with Crippen molar-refractivity contribution in [1.82, 2.24) is 4.98 Å². The standard InChI is InChI=1S/C16H15N3O/c1-11-6-12(2)8-14(7-11)19(3)16(20)15-5-4-13(9-17)10-18-15/h4-8,10H,1-3H3. The fraction of sp³-hybridized carbons (Fsp3) is 0.188. The summed E-state index contributed by atoms with van der Waals surface area (Å²) in [7, 11) is 1.72. The largest absolute Gasteiger partial charge is 0.310 e. The molecule has 20 heavy (non-hydrogen) atoms. The first-order valence-electron chi connectivity index (χ1n) is 6.24. The third kappa shape index (κ3) is 2.83. The van der Waals surface area contributed by atoms with Crippen LogP contribution in [0.5, 0.6) is 0 Å². The highest BCUT2D eigenvalue weighted by molar-refractivity contribution is 6.04. The van der Waals surface area contributed by atoms with Crippen LogP contribution < -0.4 is 4.90 Å². The number of pyridine rings is 1. The predicted molar refractivity (Wildman–Crippen MR) is 77.6 cm³/mol. The van der Waals surface area contributed by atoms with Crippen LogP contribution >= 0.6 is 0 Å². The second-order valence-corrected chi connectivity index (χ2v) is 4.75. The molecule has 4 nitrogen and oxygen atoms in total. The third-order valence-corrected chi connectivity index (χ3v) is 3.01. The second-order valence-electron chi connectivity index (χ2n) is 4.75.